The fourth-order valence-electron chi connectivity index (χ4n) is 1.88. The van der Waals surface area contributed by atoms with Crippen molar-refractivity contribution in [2.24, 2.45) is 0 Å². The van der Waals surface area contributed by atoms with Crippen LogP contribution in [0, 0.1) is 0 Å². The second-order valence-corrected chi connectivity index (χ2v) is 6.19. The van der Waals surface area contributed by atoms with E-state index in [1.165, 1.54) is 12.4 Å². The van der Waals surface area contributed by atoms with Crippen molar-refractivity contribution in [2.75, 3.05) is 25.9 Å². The van der Waals surface area contributed by atoms with Crippen molar-refractivity contribution >= 4 is 16.0 Å². The summed E-state index contributed by atoms with van der Waals surface area (Å²) in [5.74, 6) is 0.0632. The zero-order chi connectivity index (χ0) is 13.2. The number of likely N-dealkylation sites (tertiary alicyclic amines) is 1. The van der Waals surface area contributed by atoms with Gasteiger partial charge in [0.05, 0.1) is 12.4 Å². The zero-order valence-electron chi connectivity index (χ0n) is 10.2. The first-order valence-electron chi connectivity index (χ1n) is 5.76. The van der Waals surface area contributed by atoms with E-state index >= 15 is 0 Å². The minimum atomic E-state index is -3.54. The topological polar surface area (TPSA) is 101 Å². The molecule has 0 atom stereocenters. The lowest BCUT2D eigenvalue weighted by Gasteiger charge is -2.29. The van der Waals surface area contributed by atoms with Gasteiger partial charge >= 0.3 is 0 Å². The molecule has 1 aliphatic heterocycles. The molecule has 0 radical (unpaired) electrons. The third-order valence-electron chi connectivity index (χ3n) is 3.00. The summed E-state index contributed by atoms with van der Waals surface area (Å²) in [5, 5.41) is 0. The second kappa shape index (κ2) is 5.17. The molecular weight excluding hydrogens is 254 g/mol. The fraction of sp³-hybridized carbons (Fsp3) is 0.600. The Labute approximate surface area is 106 Å². The van der Waals surface area contributed by atoms with E-state index in [9.17, 15) is 8.42 Å². The first-order chi connectivity index (χ1) is 8.47. The molecule has 0 spiro atoms. The Morgan fingerprint density at radius 1 is 1.33 bits per heavy atom. The van der Waals surface area contributed by atoms with Gasteiger partial charge in [-0.25, -0.2) is 23.1 Å². The number of nitrogens with one attached hydrogen (secondary N) is 1. The molecule has 0 saturated carbocycles. The van der Waals surface area contributed by atoms with Gasteiger partial charge < -0.3 is 10.6 Å². The summed E-state index contributed by atoms with van der Waals surface area (Å²) >= 11 is 0. The molecule has 1 aromatic rings. The molecule has 1 aliphatic rings. The molecule has 0 bridgehead atoms. The highest BCUT2D eigenvalue weighted by molar-refractivity contribution is 7.89. The van der Waals surface area contributed by atoms with Crippen LogP contribution in [-0.4, -0.2) is 49.5 Å². The number of anilines is 1. The Morgan fingerprint density at radius 3 is 2.44 bits per heavy atom. The van der Waals surface area contributed by atoms with Crippen molar-refractivity contribution in [3.8, 4) is 0 Å². The number of aromatic nitrogens is 2. The Bertz CT molecular complexity index is 494. The lowest BCUT2D eigenvalue weighted by atomic mass is 10.1. The summed E-state index contributed by atoms with van der Waals surface area (Å²) < 4.78 is 26.8. The van der Waals surface area contributed by atoms with Crippen LogP contribution in [0.25, 0.3) is 0 Å². The monoisotopic (exact) mass is 271 g/mol. The van der Waals surface area contributed by atoms with Crippen LogP contribution in [0.4, 0.5) is 5.95 Å². The summed E-state index contributed by atoms with van der Waals surface area (Å²) in [6, 6.07) is -0.0243. The third-order valence-corrected chi connectivity index (χ3v) is 4.47. The van der Waals surface area contributed by atoms with Crippen LogP contribution in [0.3, 0.4) is 0 Å². The molecule has 0 unspecified atom stereocenters. The number of piperidine rings is 1. The molecule has 1 fully saturated rings. The number of hydrogen-bond acceptors (Lipinski definition) is 6. The Kier molecular flexibility index (Phi) is 3.79. The standard InChI is InChI=1S/C10H17N5O2S/c1-15-4-2-8(3-5-15)14-18(16,17)9-6-12-10(11)13-7-9/h6-8,14H,2-5H2,1H3,(H2,11,12,13). The van der Waals surface area contributed by atoms with Gasteiger partial charge in [-0.2, -0.15) is 0 Å². The van der Waals surface area contributed by atoms with E-state index < -0.39 is 10.0 Å². The summed E-state index contributed by atoms with van der Waals surface area (Å²) in [7, 11) is -1.52. The molecule has 1 aromatic heterocycles. The van der Waals surface area contributed by atoms with Crippen LogP contribution in [0.2, 0.25) is 0 Å². The van der Waals surface area contributed by atoms with Crippen LogP contribution in [0.15, 0.2) is 17.3 Å². The molecule has 2 heterocycles. The Morgan fingerprint density at radius 2 is 1.89 bits per heavy atom. The van der Waals surface area contributed by atoms with Gasteiger partial charge in [-0.3, -0.25) is 0 Å². The van der Waals surface area contributed by atoms with Crippen molar-refractivity contribution in [1.29, 1.82) is 0 Å². The zero-order valence-corrected chi connectivity index (χ0v) is 11.0. The number of nitrogens with two attached hydrogens (primary N) is 1. The van der Waals surface area contributed by atoms with Gasteiger partial charge in [-0.1, -0.05) is 0 Å². The van der Waals surface area contributed by atoms with Crippen LogP contribution in [0.5, 0.6) is 0 Å². The van der Waals surface area contributed by atoms with Crippen molar-refractivity contribution < 1.29 is 8.42 Å². The van der Waals surface area contributed by atoms with Crippen LogP contribution in [-0.2, 0) is 10.0 Å². The number of nitrogens with zero attached hydrogens (tertiary/aromatic N) is 3. The van der Waals surface area contributed by atoms with Gasteiger partial charge in [0, 0.05) is 6.04 Å². The summed E-state index contributed by atoms with van der Waals surface area (Å²) in [6.07, 6.45) is 4.07. The van der Waals surface area contributed by atoms with Crippen molar-refractivity contribution in [3.63, 3.8) is 0 Å². The highest BCUT2D eigenvalue weighted by Gasteiger charge is 2.23. The summed E-state index contributed by atoms with van der Waals surface area (Å²) in [4.78, 5) is 9.61. The molecule has 8 heteroatoms. The minimum absolute atomic E-state index is 0.0243. The molecule has 0 aliphatic carbocycles. The van der Waals surface area contributed by atoms with Crippen LogP contribution >= 0.6 is 0 Å². The molecule has 7 nitrogen and oxygen atoms in total. The van der Waals surface area contributed by atoms with E-state index in [0.29, 0.717) is 0 Å². The maximum absolute atomic E-state index is 12.0. The van der Waals surface area contributed by atoms with E-state index in [4.69, 9.17) is 5.73 Å². The predicted octanol–water partition coefficient (Wildman–Crippen LogP) is -0.569. The molecule has 1 saturated heterocycles. The number of hydrogen-bond donors (Lipinski definition) is 2. The number of rotatable bonds is 3. The lowest BCUT2D eigenvalue weighted by Crippen LogP contribution is -2.43. The highest BCUT2D eigenvalue weighted by atomic mass is 32.2. The van der Waals surface area contributed by atoms with Crippen molar-refractivity contribution in [3.05, 3.63) is 12.4 Å². The second-order valence-electron chi connectivity index (χ2n) is 4.48. The SMILES string of the molecule is CN1CCC(NS(=O)(=O)c2cnc(N)nc2)CC1. The van der Waals surface area contributed by atoms with Crippen molar-refractivity contribution in [1.82, 2.24) is 19.6 Å². The predicted molar refractivity (Wildman–Crippen MR) is 67.3 cm³/mol. The first kappa shape index (κ1) is 13.2. The molecule has 18 heavy (non-hydrogen) atoms. The smallest absolute Gasteiger partial charge is 0.243 e. The summed E-state index contributed by atoms with van der Waals surface area (Å²) in [5.41, 5.74) is 5.33. The summed E-state index contributed by atoms with van der Waals surface area (Å²) in [6.45, 7) is 1.79. The van der Waals surface area contributed by atoms with E-state index in [1.54, 1.807) is 0 Å². The fourth-order valence-corrected chi connectivity index (χ4v) is 3.07. The molecule has 3 N–H and O–H groups in total. The van der Waals surface area contributed by atoms with Crippen LogP contribution in [0.1, 0.15) is 12.8 Å². The Balaban J connectivity index is 2.05. The highest BCUT2D eigenvalue weighted by Crippen LogP contribution is 2.13. The molecule has 0 amide bonds. The average molecular weight is 271 g/mol. The van der Waals surface area contributed by atoms with E-state index in [1.807, 2.05) is 7.05 Å². The van der Waals surface area contributed by atoms with E-state index in [2.05, 4.69) is 19.6 Å². The molecule has 100 valence electrons. The van der Waals surface area contributed by atoms with E-state index in [-0.39, 0.29) is 16.9 Å². The number of sulfonamides is 1. The third kappa shape index (κ3) is 3.15. The lowest BCUT2D eigenvalue weighted by molar-refractivity contribution is 0.248. The van der Waals surface area contributed by atoms with Gasteiger partial charge in [0.1, 0.15) is 4.90 Å². The molecule has 2 rings (SSSR count). The molecule has 0 aromatic carbocycles. The van der Waals surface area contributed by atoms with Crippen LogP contribution < -0.4 is 10.5 Å². The van der Waals surface area contributed by atoms with Gasteiger partial charge in [0.25, 0.3) is 0 Å². The quantitative estimate of drug-likeness (QED) is 0.763. The Hall–Kier alpha value is -1.25. The maximum atomic E-state index is 12.0. The van der Waals surface area contributed by atoms with Gasteiger partial charge in [-0.15, -0.1) is 0 Å². The average Bonchev–Trinajstić information content (AvgIpc) is 2.32. The van der Waals surface area contributed by atoms with Gasteiger partial charge in [-0.05, 0) is 33.0 Å². The first-order valence-corrected chi connectivity index (χ1v) is 7.24. The molecular formula is C10H17N5O2S. The van der Waals surface area contributed by atoms with Gasteiger partial charge in [0.15, 0.2) is 0 Å². The maximum Gasteiger partial charge on any atom is 0.243 e. The number of nitrogen functional groups attached to an aromatic ring is 1. The van der Waals surface area contributed by atoms with Gasteiger partial charge in [0.2, 0.25) is 16.0 Å². The normalized spacial score (nSPS) is 18.9. The van der Waals surface area contributed by atoms with E-state index in [0.717, 1.165) is 25.9 Å². The largest absolute Gasteiger partial charge is 0.368 e. The minimum Gasteiger partial charge on any atom is -0.368 e. The van der Waals surface area contributed by atoms with Crippen molar-refractivity contribution in [2.45, 2.75) is 23.8 Å².